The van der Waals surface area contributed by atoms with E-state index in [0.717, 1.165) is 0 Å². The summed E-state index contributed by atoms with van der Waals surface area (Å²) in [4.78, 5) is 22.3. The Morgan fingerprint density at radius 1 is 1.40 bits per heavy atom. The molecule has 1 aromatic carbocycles. The van der Waals surface area contributed by atoms with Crippen LogP contribution in [0.1, 0.15) is 17.3 Å². The van der Waals surface area contributed by atoms with Crippen LogP contribution < -0.4 is 10.6 Å². The van der Waals surface area contributed by atoms with Crippen molar-refractivity contribution in [3.63, 3.8) is 0 Å². The van der Waals surface area contributed by atoms with Crippen molar-refractivity contribution >= 4 is 17.7 Å². The first kappa shape index (κ1) is 15.8. The fraction of sp³-hybridized carbons (Fsp3) is 0.385. The van der Waals surface area contributed by atoms with Crippen molar-refractivity contribution < 1.29 is 24.5 Å². The fourth-order valence-electron chi connectivity index (χ4n) is 1.58. The third-order valence-corrected chi connectivity index (χ3v) is 2.55. The van der Waals surface area contributed by atoms with Crippen LogP contribution in [0.15, 0.2) is 18.2 Å². The second-order valence-electron chi connectivity index (χ2n) is 4.43. The van der Waals surface area contributed by atoms with Crippen LogP contribution in [0.5, 0.6) is 5.75 Å². The zero-order valence-corrected chi connectivity index (χ0v) is 11.3. The number of hydrogen-bond donors (Lipinski definition) is 4. The first-order valence-corrected chi connectivity index (χ1v) is 6.04. The number of phenols is 1. The smallest absolute Gasteiger partial charge is 0.339 e. The lowest BCUT2D eigenvalue weighted by Crippen LogP contribution is -2.33. The highest BCUT2D eigenvalue weighted by molar-refractivity contribution is 5.93. The molecule has 0 aliphatic rings. The Balaban J connectivity index is 2.54. The van der Waals surface area contributed by atoms with Gasteiger partial charge in [0.15, 0.2) is 0 Å². The average molecular weight is 282 g/mol. The van der Waals surface area contributed by atoms with Crippen molar-refractivity contribution in [1.82, 2.24) is 5.32 Å². The molecule has 1 unspecified atom stereocenters. The van der Waals surface area contributed by atoms with Crippen LogP contribution in [0.3, 0.4) is 0 Å². The minimum atomic E-state index is -1.23. The van der Waals surface area contributed by atoms with Crippen LogP contribution in [0.4, 0.5) is 10.5 Å². The fourth-order valence-corrected chi connectivity index (χ4v) is 1.58. The first-order valence-electron chi connectivity index (χ1n) is 6.04. The molecule has 0 radical (unpaired) electrons. The molecule has 0 aliphatic heterocycles. The van der Waals surface area contributed by atoms with Crippen molar-refractivity contribution in [2.45, 2.75) is 6.92 Å². The third-order valence-electron chi connectivity index (χ3n) is 2.55. The summed E-state index contributed by atoms with van der Waals surface area (Å²) in [5.41, 5.74) is 0.0917. The molecular formula is C13H18N2O5. The van der Waals surface area contributed by atoms with Crippen LogP contribution in [0.25, 0.3) is 0 Å². The van der Waals surface area contributed by atoms with Gasteiger partial charge >= 0.3 is 12.0 Å². The minimum Gasteiger partial charge on any atom is -0.507 e. The number of amides is 2. The number of carbonyl (C=O) groups excluding carboxylic acids is 1. The van der Waals surface area contributed by atoms with Gasteiger partial charge < -0.3 is 25.6 Å². The lowest BCUT2D eigenvalue weighted by atomic mass is 10.2. The van der Waals surface area contributed by atoms with Gasteiger partial charge in [0.1, 0.15) is 11.3 Å². The van der Waals surface area contributed by atoms with E-state index in [9.17, 15) is 14.7 Å². The number of carboxylic acids is 1. The van der Waals surface area contributed by atoms with E-state index in [1.807, 2.05) is 6.92 Å². The summed E-state index contributed by atoms with van der Waals surface area (Å²) >= 11 is 0. The second kappa shape index (κ2) is 7.34. The molecule has 2 amide bonds. The molecule has 7 nitrogen and oxygen atoms in total. The number of benzene rings is 1. The molecule has 110 valence electrons. The SMILES string of the molecule is COCC(C)CNC(=O)Nc1ccc(C(=O)O)c(O)c1. The van der Waals surface area contributed by atoms with Crippen LogP contribution in [-0.2, 0) is 4.74 Å². The van der Waals surface area contributed by atoms with E-state index in [0.29, 0.717) is 18.8 Å². The number of aromatic carboxylic acids is 1. The molecule has 4 N–H and O–H groups in total. The molecule has 0 fully saturated rings. The lowest BCUT2D eigenvalue weighted by Gasteiger charge is -2.12. The second-order valence-corrected chi connectivity index (χ2v) is 4.43. The van der Waals surface area contributed by atoms with Crippen LogP contribution in [0.2, 0.25) is 0 Å². The van der Waals surface area contributed by atoms with Gasteiger partial charge in [0.2, 0.25) is 0 Å². The van der Waals surface area contributed by atoms with Crippen molar-refractivity contribution in [3.8, 4) is 5.75 Å². The zero-order valence-electron chi connectivity index (χ0n) is 11.3. The predicted octanol–water partition coefficient (Wildman–Crippen LogP) is 1.49. The Morgan fingerprint density at radius 2 is 2.10 bits per heavy atom. The van der Waals surface area contributed by atoms with Gasteiger partial charge in [-0.25, -0.2) is 9.59 Å². The number of rotatable bonds is 6. The molecular weight excluding hydrogens is 264 g/mol. The summed E-state index contributed by atoms with van der Waals surface area (Å²) in [5.74, 6) is -1.46. The Hall–Kier alpha value is -2.28. The topological polar surface area (TPSA) is 108 Å². The van der Waals surface area contributed by atoms with Crippen molar-refractivity contribution in [2.75, 3.05) is 25.6 Å². The average Bonchev–Trinajstić information content (AvgIpc) is 2.36. The number of carbonyl (C=O) groups is 2. The van der Waals surface area contributed by atoms with Gasteiger partial charge in [-0.2, -0.15) is 0 Å². The van der Waals surface area contributed by atoms with Gasteiger partial charge in [0.05, 0.1) is 6.61 Å². The lowest BCUT2D eigenvalue weighted by molar-refractivity contribution is 0.0694. The van der Waals surface area contributed by atoms with E-state index in [2.05, 4.69) is 10.6 Å². The van der Waals surface area contributed by atoms with E-state index in [4.69, 9.17) is 9.84 Å². The number of methoxy groups -OCH3 is 1. The molecule has 0 bridgehead atoms. The van der Waals surface area contributed by atoms with Gasteiger partial charge in [-0.05, 0) is 18.1 Å². The maximum atomic E-state index is 11.6. The number of urea groups is 1. The normalized spacial score (nSPS) is 11.7. The van der Waals surface area contributed by atoms with E-state index in [1.165, 1.54) is 18.2 Å². The molecule has 0 saturated heterocycles. The Kier molecular flexibility index (Phi) is 5.79. The summed E-state index contributed by atoms with van der Waals surface area (Å²) in [7, 11) is 1.59. The molecule has 20 heavy (non-hydrogen) atoms. The molecule has 0 heterocycles. The van der Waals surface area contributed by atoms with Gasteiger partial charge in [0.25, 0.3) is 0 Å². The molecule has 0 aliphatic carbocycles. The van der Waals surface area contributed by atoms with Gasteiger partial charge in [-0.1, -0.05) is 6.92 Å². The number of hydrogen-bond acceptors (Lipinski definition) is 4. The molecule has 1 atom stereocenters. The van der Waals surface area contributed by atoms with Crippen molar-refractivity contribution in [2.24, 2.45) is 5.92 Å². The highest BCUT2D eigenvalue weighted by Crippen LogP contribution is 2.21. The van der Waals surface area contributed by atoms with E-state index < -0.39 is 17.7 Å². The van der Waals surface area contributed by atoms with E-state index in [1.54, 1.807) is 7.11 Å². The number of carboxylic acid groups (broad SMARTS) is 1. The molecule has 7 heteroatoms. The standard InChI is InChI=1S/C13H18N2O5/c1-8(7-20-2)6-14-13(19)15-9-3-4-10(12(17)18)11(16)5-9/h3-5,8,16H,6-7H2,1-2H3,(H,17,18)(H2,14,15,19). The number of nitrogens with one attached hydrogen (secondary N) is 2. The number of ether oxygens (including phenoxy) is 1. The monoisotopic (exact) mass is 282 g/mol. The largest absolute Gasteiger partial charge is 0.507 e. The third kappa shape index (κ3) is 4.77. The summed E-state index contributed by atoms with van der Waals surface area (Å²) in [6.45, 7) is 2.91. The first-order chi connectivity index (χ1) is 9.43. The number of aromatic hydroxyl groups is 1. The quantitative estimate of drug-likeness (QED) is 0.632. The maximum absolute atomic E-state index is 11.6. The van der Waals surface area contributed by atoms with E-state index >= 15 is 0 Å². The van der Waals surface area contributed by atoms with Gasteiger partial charge in [0, 0.05) is 25.4 Å². The summed E-state index contributed by atoms with van der Waals surface area (Å²) in [6, 6.07) is 3.37. The van der Waals surface area contributed by atoms with Crippen LogP contribution in [-0.4, -0.2) is 42.5 Å². The molecule has 0 saturated carbocycles. The summed E-state index contributed by atoms with van der Waals surface area (Å²) in [5, 5.41) is 23.4. The highest BCUT2D eigenvalue weighted by atomic mass is 16.5. The van der Waals surface area contributed by atoms with Crippen LogP contribution >= 0.6 is 0 Å². The molecule has 1 aromatic rings. The Morgan fingerprint density at radius 3 is 2.65 bits per heavy atom. The Bertz CT molecular complexity index is 490. The summed E-state index contributed by atoms with van der Waals surface area (Å²) < 4.78 is 4.95. The van der Waals surface area contributed by atoms with Gasteiger partial charge in [-0.15, -0.1) is 0 Å². The highest BCUT2D eigenvalue weighted by Gasteiger charge is 2.11. The molecule has 0 aromatic heterocycles. The van der Waals surface area contributed by atoms with Crippen molar-refractivity contribution in [3.05, 3.63) is 23.8 Å². The number of anilines is 1. The summed E-state index contributed by atoms with van der Waals surface area (Å²) in [6.07, 6.45) is 0. The van der Waals surface area contributed by atoms with Crippen LogP contribution in [0, 0.1) is 5.92 Å². The molecule has 1 rings (SSSR count). The predicted molar refractivity (Wildman–Crippen MR) is 73.1 cm³/mol. The Labute approximate surface area is 116 Å². The maximum Gasteiger partial charge on any atom is 0.339 e. The van der Waals surface area contributed by atoms with Gasteiger partial charge in [-0.3, -0.25) is 0 Å². The molecule has 0 spiro atoms. The van der Waals surface area contributed by atoms with E-state index in [-0.39, 0.29) is 11.5 Å². The minimum absolute atomic E-state index is 0.175. The zero-order chi connectivity index (χ0) is 15.1. The van der Waals surface area contributed by atoms with Crippen molar-refractivity contribution in [1.29, 1.82) is 0 Å².